The molecule has 0 aromatic carbocycles. The van der Waals surface area contributed by atoms with E-state index < -0.39 is 0 Å². The molecule has 0 fully saturated rings. The lowest BCUT2D eigenvalue weighted by molar-refractivity contribution is 0.462. The van der Waals surface area contributed by atoms with Crippen molar-refractivity contribution >= 4 is 5.65 Å². The lowest BCUT2D eigenvalue weighted by atomic mass is 10.4. The van der Waals surface area contributed by atoms with E-state index in [2.05, 4.69) is 15.0 Å². The first kappa shape index (κ1) is 10.7. The van der Waals surface area contributed by atoms with Crippen LogP contribution in [0.5, 0.6) is 11.6 Å². The van der Waals surface area contributed by atoms with Crippen LogP contribution in [-0.4, -0.2) is 19.4 Å². The summed E-state index contributed by atoms with van der Waals surface area (Å²) in [5.41, 5.74) is 2.74. The van der Waals surface area contributed by atoms with E-state index in [1.54, 1.807) is 30.9 Å². The smallest absolute Gasteiger partial charge is 0.223 e. The van der Waals surface area contributed by atoms with Crippen LogP contribution in [0.1, 0.15) is 11.4 Å². The van der Waals surface area contributed by atoms with Gasteiger partial charge in [0, 0.05) is 24.2 Å². The van der Waals surface area contributed by atoms with Gasteiger partial charge >= 0.3 is 0 Å². The third-order valence-electron chi connectivity index (χ3n) is 2.72. The van der Waals surface area contributed by atoms with Crippen LogP contribution < -0.4 is 4.74 Å². The third-order valence-corrected chi connectivity index (χ3v) is 2.72. The zero-order valence-electron chi connectivity index (χ0n) is 10.2. The Morgan fingerprint density at radius 1 is 1.17 bits per heavy atom. The predicted molar refractivity (Wildman–Crippen MR) is 66.8 cm³/mol. The largest absolute Gasteiger partial charge is 0.439 e. The van der Waals surface area contributed by atoms with Crippen LogP contribution in [0.25, 0.3) is 5.65 Å². The Morgan fingerprint density at radius 2 is 1.94 bits per heavy atom. The number of fused-ring (bicyclic) bond motifs is 1. The van der Waals surface area contributed by atoms with Gasteiger partial charge in [-0.25, -0.2) is 4.98 Å². The van der Waals surface area contributed by atoms with Gasteiger partial charge in [0.25, 0.3) is 0 Å². The average molecular weight is 240 g/mol. The first-order valence-electron chi connectivity index (χ1n) is 5.63. The Labute approximate surface area is 104 Å². The van der Waals surface area contributed by atoms with Gasteiger partial charge in [0.2, 0.25) is 5.88 Å². The monoisotopic (exact) mass is 240 g/mol. The molecule has 90 valence electrons. The molecule has 3 rings (SSSR count). The van der Waals surface area contributed by atoms with E-state index in [1.165, 1.54) is 0 Å². The first-order chi connectivity index (χ1) is 8.74. The lowest BCUT2D eigenvalue weighted by Gasteiger charge is -2.06. The molecule has 0 amide bonds. The highest BCUT2D eigenvalue weighted by Gasteiger charge is 2.07. The Hall–Kier alpha value is -2.43. The van der Waals surface area contributed by atoms with E-state index in [0.29, 0.717) is 5.88 Å². The molecule has 0 atom stereocenters. The molecule has 0 spiro atoms. The van der Waals surface area contributed by atoms with Crippen LogP contribution in [0.3, 0.4) is 0 Å². The number of aromatic nitrogens is 4. The van der Waals surface area contributed by atoms with Crippen molar-refractivity contribution < 1.29 is 4.74 Å². The molecule has 0 saturated heterocycles. The summed E-state index contributed by atoms with van der Waals surface area (Å²) in [7, 11) is 0. The van der Waals surface area contributed by atoms with Crippen molar-refractivity contribution in [2.24, 2.45) is 0 Å². The fourth-order valence-corrected chi connectivity index (χ4v) is 1.79. The molecule has 5 heteroatoms. The van der Waals surface area contributed by atoms with Gasteiger partial charge in [-0.1, -0.05) is 0 Å². The van der Waals surface area contributed by atoms with E-state index in [1.807, 2.05) is 24.3 Å². The lowest BCUT2D eigenvalue weighted by Crippen LogP contribution is -1.96. The van der Waals surface area contributed by atoms with Crippen molar-refractivity contribution in [1.82, 2.24) is 19.4 Å². The number of aryl methyl sites for hydroxylation is 2. The standard InChI is InChI=1S/C13H12N4O/c1-9-7-12(18-11-3-5-14-6-4-11)16-13-10(2)15-8-17(9)13/h3-8H,1-2H3. The van der Waals surface area contributed by atoms with Crippen LogP contribution in [-0.2, 0) is 0 Å². The van der Waals surface area contributed by atoms with Crippen LogP contribution in [0, 0.1) is 13.8 Å². The van der Waals surface area contributed by atoms with Gasteiger partial charge in [-0.3, -0.25) is 9.38 Å². The molecule has 0 bridgehead atoms. The molecule has 0 N–H and O–H groups in total. The maximum absolute atomic E-state index is 5.70. The summed E-state index contributed by atoms with van der Waals surface area (Å²) < 4.78 is 7.64. The summed E-state index contributed by atoms with van der Waals surface area (Å²) in [6.07, 6.45) is 5.14. The van der Waals surface area contributed by atoms with Crippen molar-refractivity contribution in [3.8, 4) is 11.6 Å². The van der Waals surface area contributed by atoms with Crippen LogP contribution >= 0.6 is 0 Å². The number of hydrogen-bond donors (Lipinski definition) is 0. The number of imidazole rings is 1. The van der Waals surface area contributed by atoms with Crippen molar-refractivity contribution in [2.75, 3.05) is 0 Å². The minimum Gasteiger partial charge on any atom is -0.439 e. The molecule has 0 aliphatic carbocycles. The van der Waals surface area contributed by atoms with Gasteiger partial charge in [0.15, 0.2) is 5.65 Å². The summed E-state index contributed by atoms with van der Waals surface area (Å²) in [5.74, 6) is 1.29. The fraction of sp³-hybridized carbons (Fsp3) is 0.154. The number of nitrogens with zero attached hydrogens (tertiary/aromatic N) is 4. The second-order valence-electron chi connectivity index (χ2n) is 4.04. The zero-order valence-corrected chi connectivity index (χ0v) is 10.2. The van der Waals surface area contributed by atoms with Gasteiger partial charge in [0.05, 0.1) is 5.69 Å². The Balaban J connectivity index is 2.05. The van der Waals surface area contributed by atoms with Crippen LogP contribution in [0.15, 0.2) is 36.9 Å². The number of rotatable bonds is 2. The first-order valence-corrected chi connectivity index (χ1v) is 5.63. The van der Waals surface area contributed by atoms with Crippen LogP contribution in [0.4, 0.5) is 0 Å². The van der Waals surface area contributed by atoms with Gasteiger partial charge in [0.1, 0.15) is 12.1 Å². The molecule has 0 aliphatic heterocycles. The Kier molecular flexibility index (Phi) is 2.44. The maximum Gasteiger partial charge on any atom is 0.223 e. The van der Waals surface area contributed by atoms with Gasteiger partial charge in [-0.15, -0.1) is 0 Å². The SMILES string of the molecule is Cc1ncn2c(C)cc(Oc3ccncc3)nc12. The molecular weight excluding hydrogens is 228 g/mol. The molecule has 0 aliphatic rings. The Morgan fingerprint density at radius 3 is 2.72 bits per heavy atom. The van der Waals surface area contributed by atoms with Crippen molar-refractivity contribution in [3.05, 3.63) is 48.3 Å². The summed E-state index contributed by atoms with van der Waals surface area (Å²) in [5, 5.41) is 0. The highest BCUT2D eigenvalue weighted by Crippen LogP contribution is 2.21. The number of ether oxygens (including phenoxy) is 1. The molecule has 3 aromatic rings. The van der Waals surface area contributed by atoms with Crippen molar-refractivity contribution in [2.45, 2.75) is 13.8 Å². The second-order valence-corrected chi connectivity index (χ2v) is 4.04. The van der Waals surface area contributed by atoms with E-state index in [4.69, 9.17) is 4.74 Å². The molecule has 0 radical (unpaired) electrons. The predicted octanol–water partition coefficient (Wildman–Crippen LogP) is 2.53. The Bertz CT molecular complexity index is 691. The summed E-state index contributed by atoms with van der Waals surface area (Å²) in [6.45, 7) is 3.92. The number of hydrogen-bond acceptors (Lipinski definition) is 4. The molecule has 0 saturated carbocycles. The molecule has 5 nitrogen and oxygen atoms in total. The van der Waals surface area contributed by atoms with Gasteiger partial charge in [-0.2, -0.15) is 4.98 Å². The summed E-state index contributed by atoms with van der Waals surface area (Å²) >= 11 is 0. The van der Waals surface area contributed by atoms with Gasteiger partial charge in [-0.05, 0) is 26.0 Å². The normalized spacial score (nSPS) is 10.8. The summed E-state index contributed by atoms with van der Waals surface area (Å²) in [6, 6.07) is 5.48. The maximum atomic E-state index is 5.70. The molecule has 0 unspecified atom stereocenters. The topological polar surface area (TPSA) is 52.3 Å². The van der Waals surface area contributed by atoms with Gasteiger partial charge < -0.3 is 4.74 Å². The van der Waals surface area contributed by atoms with Crippen molar-refractivity contribution in [3.63, 3.8) is 0 Å². The van der Waals surface area contributed by atoms with E-state index in [9.17, 15) is 0 Å². The second kappa shape index (κ2) is 4.10. The molecule has 3 aromatic heterocycles. The minimum atomic E-state index is 0.565. The van der Waals surface area contributed by atoms with Crippen LogP contribution in [0.2, 0.25) is 0 Å². The van der Waals surface area contributed by atoms with Crippen molar-refractivity contribution in [1.29, 1.82) is 0 Å². The third kappa shape index (κ3) is 1.79. The van der Waals surface area contributed by atoms with E-state index in [-0.39, 0.29) is 0 Å². The van der Waals surface area contributed by atoms with E-state index in [0.717, 1.165) is 22.8 Å². The summed E-state index contributed by atoms with van der Waals surface area (Å²) in [4.78, 5) is 12.6. The minimum absolute atomic E-state index is 0.565. The molecular formula is C13H12N4O. The quantitative estimate of drug-likeness (QED) is 0.690. The molecule has 3 heterocycles. The average Bonchev–Trinajstić information content (AvgIpc) is 2.73. The highest BCUT2D eigenvalue weighted by atomic mass is 16.5. The number of pyridine rings is 1. The van der Waals surface area contributed by atoms with E-state index >= 15 is 0 Å². The highest BCUT2D eigenvalue weighted by molar-refractivity contribution is 5.47. The fourth-order valence-electron chi connectivity index (χ4n) is 1.79. The molecule has 18 heavy (non-hydrogen) atoms. The zero-order chi connectivity index (χ0) is 12.5.